The molecule has 3 unspecified atom stereocenters. The van der Waals surface area contributed by atoms with Crippen LogP contribution in [0.2, 0.25) is 0 Å². The lowest BCUT2D eigenvalue weighted by Crippen LogP contribution is -2.30. The summed E-state index contributed by atoms with van der Waals surface area (Å²) in [7, 11) is -4.78. The van der Waals surface area contributed by atoms with E-state index in [0.29, 0.717) is 19.3 Å². The number of allylic oxidation sites excluding steroid dienone is 17. The Bertz CT molecular complexity index is 1620. The van der Waals surface area contributed by atoms with E-state index in [2.05, 4.69) is 106 Å². The fourth-order valence-corrected chi connectivity index (χ4v) is 7.73. The van der Waals surface area contributed by atoms with E-state index in [0.717, 1.165) is 116 Å². The number of aliphatic hydroxyl groups excluding tert-OH is 1. The third-order valence-corrected chi connectivity index (χ3v) is 12.1. The maximum atomic E-state index is 12.9. The molecule has 2 N–H and O–H groups in total. The minimum Gasteiger partial charge on any atom is -0.462 e. The first-order valence-electron chi connectivity index (χ1n) is 27.8. The van der Waals surface area contributed by atoms with Crippen LogP contribution in [0.3, 0.4) is 0 Å². The van der Waals surface area contributed by atoms with E-state index in [-0.39, 0.29) is 25.9 Å². The Hall–Kier alpha value is -3.86. The predicted molar refractivity (Wildman–Crippen MR) is 297 cm³/mol. The first-order valence-corrected chi connectivity index (χ1v) is 29.3. The van der Waals surface area contributed by atoms with Gasteiger partial charge in [-0.3, -0.25) is 23.4 Å². The number of ether oxygens (including phenoxy) is 3. The molecule has 0 amide bonds. The first-order chi connectivity index (χ1) is 35.2. The Labute approximate surface area is 437 Å². The Morgan fingerprint density at radius 2 is 0.792 bits per heavy atom. The summed E-state index contributed by atoms with van der Waals surface area (Å²) in [4.78, 5) is 48.4. The molecule has 12 heteroatoms. The standard InChI is InChI=1S/C60H99O11P/c1-4-7-10-13-16-19-22-24-26-27-28-29-31-33-36-39-42-45-48-51-60(64)71-57(53-67-58(62)49-46-43-40-37-34-21-18-15-12-9-6-3)55-69-72(65,66)68-54-56(52-61)70-59(63)50-47-44-41-38-35-32-30-25-23-20-17-14-11-8-5-2/h8,11,15-20,24-26,28-30,35,38,44,47,56-57,61H,4-7,9-10,12-14,21-23,27,31-34,36-37,39-43,45-46,48-55H2,1-3H3,(H,65,66)/b11-8-,18-15-,19-16-,20-17-,26-24-,29-28-,30-25-,38-35-,47-44-. The highest BCUT2D eigenvalue weighted by atomic mass is 31.2. The van der Waals surface area contributed by atoms with Crippen molar-refractivity contribution in [3.8, 4) is 0 Å². The average molecular weight is 1030 g/mol. The average Bonchev–Trinajstić information content (AvgIpc) is 3.37. The number of phosphoric ester groups is 1. The number of rotatable bonds is 50. The largest absolute Gasteiger partial charge is 0.472 e. The molecule has 0 fully saturated rings. The van der Waals surface area contributed by atoms with Crippen molar-refractivity contribution >= 4 is 25.7 Å². The Balaban J connectivity index is 4.82. The van der Waals surface area contributed by atoms with Crippen molar-refractivity contribution in [1.82, 2.24) is 0 Å². The number of carbonyl (C=O) groups excluding carboxylic acids is 3. The Morgan fingerprint density at radius 3 is 1.28 bits per heavy atom. The zero-order valence-electron chi connectivity index (χ0n) is 45.1. The zero-order valence-corrected chi connectivity index (χ0v) is 46.0. The van der Waals surface area contributed by atoms with Gasteiger partial charge in [-0.2, -0.15) is 0 Å². The second-order valence-corrected chi connectivity index (χ2v) is 19.5. The summed E-state index contributed by atoms with van der Waals surface area (Å²) < 4.78 is 39.3. The number of carbonyl (C=O) groups is 3. The smallest absolute Gasteiger partial charge is 0.462 e. The van der Waals surface area contributed by atoms with Crippen LogP contribution in [0.1, 0.15) is 213 Å². The molecule has 410 valence electrons. The van der Waals surface area contributed by atoms with Crippen LogP contribution in [0, 0.1) is 0 Å². The van der Waals surface area contributed by atoms with Gasteiger partial charge in [0.1, 0.15) is 12.7 Å². The summed E-state index contributed by atoms with van der Waals surface area (Å²) in [6.07, 6.45) is 63.7. The predicted octanol–water partition coefficient (Wildman–Crippen LogP) is 16.2. The van der Waals surface area contributed by atoms with Gasteiger partial charge in [-0.1, -0.05) is 201 Å². The molecule has 0 aromatic rings. The number of phosphoric acid groups is 1. The molecule has 11 nitrogen and oxygen atoms in total. The monoisotopic (exact) mass is 1030 g/mol. The molecule has 0 aliphatic rings. The second-order valence-electron chi connectivity index (χ2n) is 18.0. The number of unbranched alkanes of at least 4 members (excludes halogenated alkanes) is 16. The number of esters is 3. The highest BCUT2D eigenvalue weighted by Gasteiger charge is 2.28. The number of hydrogen-bond acceptors (Lipinski definition) is 10. The van der Waals surface area contributed by atoms with Gasteiger partial charge in [0.25, 0.3) is 0 Å². The van der Waals surface area contributed by atoms with Crippen molar-refractivity contribution in [2.24, 2.45) is 0 Å². The highest BCUT2D eigenvalue weighted by molar-refractivity contribution is 7.47. The van der Waals surface area contributed by atoms with E-state index in [1.807, 2.05) is 18.2 Å². The SMILES string of the molecule is CC/C=C\C/C=C\C/C=C\C/C=C\C/C=C\CC(=O)OC(CO)COP(=O)(O)OCC(COC(=O)CCCCCCC/C=C\CCCC)OC(=O)CCCCCCCC/C=C\C/C=C\C/C=C\CCCCC. The van der Waals surface area contributed by atoms with Gasteiger partial charge >= 0.3 is 25.7 Å². The molecule has 0 aliphatic carbocycles. The molecule has 3 atom stereocenters. The van der Waals surface area contributed by atoms with Crippen LogP contribution >= 0.6 is 7.82 Å². The van der Waals surface area contributed by atoms with Crippen LogP contribution in [0.4, 0.5) is 0 Å². The summed E-state index contributed by atoms with van der Waals surface area (Å²) in [5.74, 6) is -1.64. The van der Waals surface area contributed by atoms with E-state index in [1.54, 1.807) is 6.08 Å². The summed E-state index contributed by atoms with van der Waals surface area (Å²) >= 11 is 0. The topological polar surface area (TPSA) is 155 Å². The lowest BCUT2D eigenvalue weighted by Gasteiger charge is -2.21. The van der Waals surface area contributed by atoms with Crippen molar-refractivity contribution in [2.45, 2.75) is 226 Å². The van der Waals surface area contributed by atoms with Crippen molar-refractivity contribution in [2.75, 3.05) is 26.4 Å². The molecule has 0 rings (SSSR count). The molecule has 0 spiro atoms. The minimum atomic E-state index is -4.78. The van der Waals surface area contributed by atoms with Crippen LogP contribution in [-0.4, -0.2) is 66.5 Å². The van der Waals surface area contributed by atoms with Crippen molar-refractivity contribution in [1.29, 1.82) is 0 Å². The molecule has 0 aromatic heterocycles. The van der Waals surface area contributed by atoms with E-state index < -0.39 is 57.8 Å². The lowest BCUT2D eigenvalue weighted by molar-refractivity contribution is -0.161. The fraction of sp³-hybridized carbons (Fsp3) is 0.650. The van der Waals surface area contributed by atoms with Gasteiger partial charge in [0.2, 0.25) is 0 Å². The molecular weight excluding hydrogens is 928 g/mol. The fourth-order valence-electron chi connectivity index (χ4n) is 6.95. The van der Waals surface area contributed by atoms with Gasteiger partial charge in [-0.25, -0.2) is 4.57 Å². The molecule has 0 bridgehead atoms. The minimum absolute atomic E-state index is 0.0610. The van der Waals surface area contributed by atoms with Gasteiger partial charge in [0.15, 0.2) is 6.10 Å². The molecule has 0 saturated carbocycles. The Morgan fingerprint density at radius 1 is 0.417 bits per heavy atom. The third-order valence-electron chi connectivity index (χ3n) is 11.2. The van der Waals surface area contributed by atoms with Gasteiger partial charge < -0.3 is 24.2 Å². The zero-order chi connectivity index (χ0) is 52.7. The summed E-state index contributed by atoms with van der Waals surface area (Å²) in [5, 5.41) is 9.78. The van der Waals surface area contributed by atoms with E-state index in [1.165, 1.54) is 38.5 Å². The molecule has 0 aromatic carbocycles. The molecular formula is C60H99O11P. The van der Waals surface area contributed by atoms with Crippen LogP contribution in [0.25, 0.3) is 0 Å². The third kappa shape index (κ3) is 51.1. The van der Waals surface area contributed by atoms with E-state index in [4.69, 9.17) is 23.3 Å². The Kier molecular flexibility index (Phi) is 50.6. The highest BCUT2D eigenvalue weighted by Crippen LogP contribution is 2.43. The molecule has 0 saturated heterocycles. The van der Waals surface area contributed by atoms with Crippen LogP contribution in [0.5, 0.6) is 0 Å². The van der Waals surface area contributed by atoms with Gasteiger partial charge in [-0.15, -0.1) is 0 Å². The maximum absolute atomic E-state index is 12.9. The van der Waals surface area contributed by atoms with Gasteiger partial charge in [-0.05, 0) is 103 Å². The van der Waals surface area contributed by atoms with E-state index in [9.17, 15) is 28.9 Å². The van der Waals surface area contributed by atoms with Crippen LogP contribution in [0.15, 0.2) is 109 Å². The maximum Gasteiger partial charge on any atom is 0.472 e. The van der Waals surface area contributed by atoms with E-state index >= 15 is 0 Å². The molecule has 72 heavy (non-hydrogen) atoms. The molecule has 0 heterocycles. The molecule has 0 aliphatic heterocycles. The van der Waals surface area contributed by atoms with Gasteiger partial charge in [0.05, 0.1) is 26.2 Å². The normalized spacial score (nSPS) is 14.2. The first kappa shape index (κ1) is 68.1. The van der Waals surface area contributed by atoms with Crippen LogP contribution in [-0.2, 0) is 42.2 Å². The summed E-state index contributed by atoms with van der Waals surface area (Å²) in [6.45, 7) is 4.31. The number of aliphatic hydroxyl groups is 1. The molecule has 0 radical (unpaired) electrons. The summed E-state index contributed by atoms with van der Waals surface area (Å²) in [6, 6.07) is 0. The van der Waals surface area contributed by atoms with Crippen molar-refractivity contribution in [3.05, 3.63) is 109 Å². The van der Waals surface area contributed by atoms with Crippen molar-refractivity contribution in [3.63, 3.8) is 0 Å². The summed E-state index contributed by atoms with van der Waals surface area (Å²) in [5.41, 5.74) is 0. The number of hydrogen-bond donors (Lipinski definition) is 2. The quantitative estimate of drug-likeness (QED) is 0.0197. The second kappa shape index (κ2) is 53.4. The lowest BCUT2D eigenvalue weighted by atomic mass is 10.1. The van der Waals surface area contributed by atoms with Crippen molar-refractivity contribution < 1.29 is 52.2 Å². The van der Waals surface area contributed by atoms with Gasteiger partial charge in [0, 0.05) is 12.8 Å². The van der Waals surface area contributed by atoms with Crippen LogP contribution < -0.4 is 0 Å².